The van der Waals surface area contributed by atoms with Crippen LogP contribution in [0.25, 0.3) is 0 Å². The lowest BCUT2D eigenvalue weighted by atomic mass is 10.4. The number of imide groups is 1. The van der Waals surface area contributed by atoms with Crippen LogP contribution >= 0.6 is 23.1 Å². The quantitative estimate of drug-likeness (QED) is 0.832. The maximum Gasteiger partial charge on any atom is 0.243 e. The molecule has 90 valence electrons. The molecule has 0 aromatic carbocycles. The second-order valence-corrected chi connectivity index (χ2v) is 6.73. The summed E-state index contributed by atoms with van der Waals surface area (Å²) >= 11 is 2.75. The van der Waals surface area contributed by atoms with Crippen molar-refractivity contribution in [2.45, 2.75) is 34.8 Å². The molecule has 2 aliphatic rings. The molecule has 1 saturated heterocycles. The zero-order chi connectivity index (χ0) is 12.0. The average Bonchev–Trinajstić information content (AvgIpc) is 2.96. The summed E-state index contributed by atoms with van der Waals surface area (Å²) < 4.78 is 0.895. The van der Waals surface area contributed by atoms with E-state index in [0.717, 1.165) is 17.1 Å². The number of carbonyl (C=O) groups is 2. The molecule has 0 radical (unpaired) electrons. The van der Waals surface area contributed by atoms with Crippen LogP contribution in [0, 0.1) is 0 Å². The number of likely N-dealkylation sites (tertiary alicyclic amines) is 1. The van der Waals surface area contributed by atoms with Crippen LogP contribution in [0.2, 0.25) is 0 Å². The van der Waals surface area contributed by atoms with Gasteiger partial charge in [0.2, 0.25) is 11.8 Å². The Balaban J connectivity index is 1.72. The topological polar surface area (TPSA) is 76.3 Å². The van der Waals surface area contributed by atoms with E-state index >= 15 is 0 Å². The summed E-state index contributed by atoms with van der Waals surface area (Å²) in [5.41, 5.74) is 5.53. The summed E-state index contributed by atoms with van der Waals surface area (Å²) in [5.74, 6) is -0.0815. The number of aromatic nitrogens is 1. The van der Waals surface area contributed by atoms with Crippen molar-refractivity contribution < 1.29 is 9.59 Å². The van der Waals surface area contributed by atoms with Gasteiger partial charge < -0.3 is 5.73 Å². The van der Waals surface area contributed by atoms with Crippen LogP contribution in [0.1, 0.15) is 19.3 Å². The van der Waals surface area contributed by atoms with Gasteiger partial charge in [-0.3, -0.25) is 14.5 Å². The Kier molecular flexibility index (Phi) is 2.59. The monoisotopic (exact) mass is 269 g/mol. The predicted molar refractivity (Wildman–Crippen MR) is 65.7 cm³/mol. The van der Waals surface area contributed by atoms with Crippen LogP contribution in [0.15, 0.2) is 10.4 Å². The Morgan fingerprint density at radius 1 is 1.47 bits per heavy atom. The van der Waals surface area contributed by atoms with Gasteiger partial charge in [0.1, 0.15) is 0 Å². The Labute approximate surface area is 106 Å². The van der Waals surface area contributed by atoms with Crippen molar-refractivity contribution in [2.75, 3.05) is 5.73 Å². The van der Waals surface area contributed by atoms with E-state index < -0.39 is 0 Å². The van der Waals surface area contributed by atoms with E-state index in [1.54, 1.807) is 6.20 Å². The van der Waals surface area contributed by atoms with Gasteiger partial charge in [0.25, 0.3) is 0 Å². The molecule has 1 aliphatic heterocycles. The fourth-order valence-corrected chi connectivity index (χ4v) is 3.95. The van der Waals surface area contributed by atoms with E-state index in [0.29, 0.717) is 11.6 Å². The average molecular weight is 269 g/mol. The van der Waals surface area contributed by atoms with E-state index in [4.69, 9.17) is 5.73 Å². The number of carbonyl (C=O) groups excluding carboxylic acids is 2. The largest absolute Gasteiger partial charge is 0.375 e. The zero-order valence-corrected chi connectivity index (χ0v) is 10.6. The molecule has 1 saturated carbocycles. The molecule has 1 aliphatic carbocycles. The first kappa shape index (κ1) is 11.0. The van der Waals surface area contributed by atoms with Crippen molar-refractivity contribution >= 4 is 40.0 Å². The summed E-state index contributed by atoms with van der Waals surface area (Å²) in [5, 5.41) is 0.200. The van der Waals surface area contributed by atoms with Crippen molar-refractivity contribution in [2.24, 2.45) is 0 Å². The number of anilines is 1. The van der Waals surface area contributed by atoms with Crippen LogP contribution in [-0.4, -0.2) is 33.0 Å². The molecule has 1 aromatic heterocycles. The van der Waals surface area contributed by atoms with E-state index in [-0.39, 0.29) is 23.1 Å². The second kappa shape index (κ2) is 3.99. The van der Waals surface area contributed by atoms with E-state index in [9.17, 15) is 9.59 Å². The van der Waals surface area contributed by atoms with Crippen molar-refractivity contribution in [3.63, 3.8) is 0 Å². The lowest BCUT2D eigenvalue weighted by Gasteiger charge is -2.12. The SMILES string of the molecule is Nc1ncc(SC2CC(=O)N(C3CC3)C2=O)s1. The summed E-state index contributed by atoms with van der Waals surface area (Å²) in [6.45, 7) is 0. The van der Waals surface area contributed by atoms with E-state index in [1.165, 1.54) is 28.0 Å². The van der Waals surface area contributed by atoms with Gasteiger partial charge >= 0.3 is 0 Å². The number of hydrogen-bond donors (Lipinski definition) is 1. The second-order valence-electron chi connectivity index (χ2n) is 4.16. The van der Waals surface area contributed by atoms with Crippen molar-refractivity contribution in [3.05, 3.63) is 6.20 Å². The third kappa shape index (κ3) is 2.04. The Bertz CT molecular complexity index is 484. The van der Waals surface area contributed by atoms with Crippen LogP contribution < -0.4 is 5.73 Å². The van der Waals surface area contributed by atoms with Crippen LogP contribution in [0.3, 0.4) is 0 Å². The van der Waals surface area contributed by atoms with Crippen molar-refractivity contribution in [3.8, 4) is 0 Å². The summed E-state index contributed by atoms with van der Waals surface area (Å²) in [7, 11) is 0. The third-order valence-corrected chi connectivity index (χ3v) is 4.96. The van der Waals surface area contributed by atoms with Gasteiger partial charge in [-0.2, -0.15) is 0 Å². The molecule has 3 rings (SSSR count). The molecule has 2 fully saturated rings. The predicted octanol–water partition coefficient (Wildman–Crippen LogP) is 1.11. The van der Waals surface area contributed by atoms with Gasteiger partial charge in [0.15, 0.2) is 5.13 Å². The normalized spacial score (nSPS) is 24.7. The summed E-state index contributed by atoms with van der Waals surface area (Å²) in [6, 6.07) is 0.173. The number of amides is 2. The molecule has 1 unspecified atom stereocenters. The highest BCUT2D eigenvalue weighted by molar-refractivity contribution is 8.02. The molecule has 17 heavy (non-hydrogen) atoms. The van der Waals surface area contributed by atoms with E-state index in [2.05, 4.69) is 4.98 Å². The molecule has 1 aromatic rings. The molecule has 0 spiro atoms. The summed E-state index contributed by atoms with van der Waals surface area (Å²) in [4.78, 5) is 29.2. The van der Waals surface area contributed by atoms with Gasteiger partial charge in [-0.25, -0.2) is 4.98 Å². The number of hydrogen-bond acceptors (Lipinski definition) is 6. The molecular formula is C10H11N3O2S2. The first-order valence-corrected chi connectivity index (χ1v) is 7.08. The van der Waals surface area contributed by atoms with Gasteiger partial charge in [-0.1, -0.05) is 23.1 Å². The fourth-order valence-electron chi connectivity index (χ4n) is 1.90. The molecule has 7 heteroatoms. The highest BCUT2D eigenvalue weighted by Gasteiger charge is 2.46. The van der Waals surface area contributed by atoms with Crippen molar-refractivity contribution in [1.29, 1.82) is 0 Å². The molecule has 2 N–H and O–H groups in total. The smallest absolute Gasteiger partial charge is 0.243 e. The van der Waals surface area contributed by atoms with Crippen molar-refractivity contribution in [1.82, 2.24) is 9.88 Å². The standard InChI is InChI=1S/C10H11N3O2S2/c11-10-12-4-8(17-10)16-6-3-7(14)13(9(6)15)5-1-2-5/h4-6H,1-3H2,(H2,11,12). The minimum atomic E-state index is -0.289. The van der Waals surface area contributed by atoms with Crippen LogP contribution in [-0.2, 0) is 9.59 Å². The number of nitrogen functional groups attached to an aromatic ring is 1. The molecule has 5 nitrogen and oxygen atoms in total. The minimum absolute atomic E-state index is 0.0347. The minimum Gasteiger partial charge on any atom is -0.375 e. The first-order chi connectivity index (χ1) is 8.15. The number of nitrogens with two attached hydrogens (primary N) is 1. The van der Waals surface area contributed by atoms with E-state index in [1.807, 2.05) is 0 Å². The van der Waals surface area contributed by atoms with Gasteiger partial charge in [-0.15, -0.1) is 0 Å². The molecule has 2 amide bonds. The van der Waals surface area contributed by atoms with Gasteiger partial charge in [-0.05, 0) is 12.8 Å². The number of nitrogens with zero attached hydrogens (tertiary/aromatic N) is 2. The number of thioether (sulfide) groups is 1. The third-order valence-electron chi connectivity index (χ3n) is 2.81. The van der Waals surface area contributed by atoms with Crippen LogP contribution in [0.5, 0.6) is 0 Å². The maximum absolute atomic E-state index is 12.0. The molecule has 1 atom stereocenters. The van der Waals surface area contributed by atoms with Gasteiger partial charge in [0.05, 0.1) is 15.7 Å². The highest BCUT2D eigenvalue weighted by atomic mass is 32.2. The fraction of sp³-hybridized carbons (Fsp3) is 0.500. The highest BCUT2D eigenvalue weighted by Crippen LogP contribution is 2.39. The first-order valence-electron chi connectivity index (χ1n) is 5.39. The number of rotatable bonds is 3. The molecule has 0 bridgehead atoms. The maximum atomic E-state index is 12.0. The lowest BCUT2D eigenvalue weighted by Crippen LogP contribution is -2.33. The molecular weight excluding hydrogens is 258 g/mol. The Hall–Kier alpha value is -1.08. The Morgan fingerprint density at radius 2 is 2.24 bits per heavy atom. The summed E-state index contributed by atoms with van der Waals surface area (Å²) in [6.07, 6.45) is 3.88. The van der Waals surface area contributed by atoms with Gasteiger partial charge in [0, 0.05) is 12.5 Å². The zero-order valence-electron chi connectivity index (χ0n) is 8.96. The molecule has 2 heterocycles. The van der Waals surface area contributed by atoms with Crippen LogP contribution in [0.4, 0.5) is 5.13 Å². The number of thiazole rings is 1. The lowest BCUT2D eigenvalue weighted by molar-refractivity contribution is -0.138. The Morgan fingerprint density at radius 3 is 2.82 bits per heavy atom.